The van der Waals surface area contributed by atoms with Crippen LogP contribution in [0.2, 0.25) is 0 Å². The number of sulfonamides is 1. The zero-order chi connectivity index (χ0) is 28.8. The molecular formula is C30H38FN3O5S. The lowest BCUT2D eigenvalue weighted by atomic mass is 9.87. The van der Waals surface area contributed by atoms with Gasteiger partial charge in [-0.1, -0.05) is 45.0 Å². The first-order valence-electron chi connectivity index (χ1n) is 13.5. The number of ether oxygens (including phenoxy) is 1. The highest BCUT2D eigenvalue weighted by Gasteiger charge is 2.30. The molecule has 8 nitrogen and oxygen atoms in total. The fraction of sp³-hybridized carbons (Fsp3) is 0.433. The fourth-order valence-electron chi connectivity index (χ4n) is 4.52. The first-order valence-corrected chi connectivity index (χ1v) is 14.9. The largest absolute Gasteiger partial charge is 0.467 e. The second-order valence-corrected chi connectivity index (χ2v) is 13.0. The number of hydrogen-bond donors (Lipinski definition) is 0. The molecule has 10 heteroatoms. The van der Waals surface area contributed by atoms with Crippen molar-refractivity contribution in [3.8, 4) is 0 Å². The molecular weight excluding hydrogens is 533 g/mol. The predicted molar refractivity (Wildman–Crippen MR) is 151 cm³/mol. The van der Waals surface area contributed by atoms with E-state index < -0.39 is 10.0 Å². The van der Waals surface area contributed by atoms with Gasteiger partial charge in [0.1, 0.15) is 11.6 Å². The minimum atomic E-state index is -3.98. The van der Waals surface area contributed by atoms with Crippen LogP contribution in [0.3, 0.4) is 0 Å². The fourth-order valence-corrected chi connectivity index (χ4v) is 5.90. The third kappa shape index (κ3) is 8.00. The monoisotopic (exact) mass is 571 g/mol. The summed E-state index contributed by atoms with van der Waals surface area (Å²) in [6.07, 6.45) is 1.52. The average molecular weight is 572 g/mol. The standard InChI is InChI=1S/C30H38FN3O5S/c1-30(2,3)25-8-12-28(13-9-25)40(36,37)34(15-14-32-16-19-38-20-17-32)23-29(35)33(22-27-5-4-18-39-27)21-24-6-10-26(31)11-7-24/h4-13,18H,14-17,19-23H2,1-3H3. The summed E-state index contributed by atoms with van der Waals surface area (Å²) < 4.78 is 53.4. The highest BCUT2D eigenvalue weighted by atomic mass is 32.2. The van der Waals surface area contributed by atoms with Crippen LogP contribution in [0.1, 0.15) is 37.7 Å². The van der Waals surface area contributed by atoms with Crippen LogP contribution in [-0.2, 0) is 38.1 Å². The molecule has 1 aromatic heterocycles. The molecule has 2 aromatic carbocycles. The van der Waals surface area contributed by atoms with E-state index >= 15 is 0 Å². The zero-order valence-corrected chi connectivity index (χ0v) is 24.2. The first kappa shape index (κ1) is 29.9. The number of furan rings is 1. The molecule has 1 aliphatic heterocycles. The van der Waals surface area contributed by atoms with Crippen molar-refractivity contribution in [2.45, 2.75) is 44.2 Å². The summed E-state index contributed by atoms with van der Waals surface area (Å²) in [6.45, 7) is 9.42. The Labute approximate surface area is 236 Å². The topological polar surface area (TPSA) is 83.3 Å². The number of morpholine rings is 1. The van der Waals surface area contributed by atoms with E-state index in [2.05, 4.69) is 25.7 Å². The van der Waals surface area contributed by atoms with Crippen molar-refractivity contribution in [3.05, 3.63) is 89.6 Å². The molecule has 0 radical (unpaired) electrons. The number of benzene rings is 2. The summed E-state index contributed by atoms with van der Waals surface area (Å²) in [5.41, 5.74) is 1.62. The van der Waals surface area contributed by atoms with Crippen molar-refractivity contribution in [1.29, 1.82) is 0 Å². The predicted octanol–water partition coefficient (Wildman–Crippen LogP) is 4.27. The maximum absolute atomic E-state index is 13.9. The quantitative estimate of drug-likeness (QED) is 0.342. The van der Waals surface area contributed by atoms with Gasteiger partial charge in [-0.15, -0.1) is 0 Å². The van der Waals surface area contributed by atoms with E-state index in [1.807, 2.05) is 12.1 Å². The van der Waals surface area contributed by atoms with Gasteiger partial charge in [-0.3, -0.25) is 9.69 Å². The number of carbonyl (C=O) groups is 1. The molecule has 3 aromatic rings. The van der Waals surface area contributed by atoms with E-state index in [0.717, 1.165) is 11.1 Å². The Morgan fingerprint density at radius 3 is 2.25 bits per heavy atom. The smallest absolute Gasteiger partial charge is 0.243 e. The molecule has 216 valence electrons. The first-order chi connectivity index (χ1) is 19.0. The molecule has 0 saturated carbocycles. The van der Waals surface area contributed by atoms with Crippen molar-refractivity contribution in [3.63, 3.8) is 0 Å². The van der Waals surface area contributed by atoms with Gasteiger partial charge in [-0.05, 0) is 52.9 Å². The normalized spacial score (nSPS) is 14.9. The van der Waals surface area contributed by atoms with Gasteiger partial charge in [0.15, 0.2) is 0 Å². The lowest BCUT2D eigenvalue weighted by Gasteiger charge is -2.31. The van der Waals surface area contributed by atoms with Crippen molar-refractivity contribution in [1.82, 2.24) is 14.1 Å². The molecule has 1 fully saturated rings. The Morgan fingerprint density at radius 1 is 0.975 bits per heavy atom. The van der Waals surface area contributed by atoms with Gasteiger partial charge in [-0.2, -0.15) is 4.31 Å². The minimum absolute atomic E-state index is 0.124. The summed E-state index contributed by atoms with van der Waals surface area (Å²) >= 11 is 0. The van der Waals surface area contributed by atoms with Gasteiger partial charge in [0.2, 0.25) is 15.9 Å². The highest BCUT2D eigenvalue weighted by molar-refractivity contribution is 7.89. The molecule has 1 saturated heterocycles. The third-order valence-corrected chi connectivity index (χ3v) is 8.86. The van der Waals surface area contributed by atoms with Gasteiger partial charge < -0.3 is 14.1 Å². The number of nitrogens with zero attached hydrogens (tertiary/aromatic N) is 3. The molecule has 0 N–H and O–H groups in total. The maximum atomic E-state index is 13.9. The van der Waals surface area contributed by atoms with E-state index in [4.69, 9.17) is 9.15 Å². The second kappa shape index (κ2) is 13.1. The molecule has 40 heavy (non-hydrogen) atoms. The van der Waals surface area contributed by atoms with E-state index in [0.29, 0.717) is 38.6 Å². The number of carbonyl (C=O) groups excluding carboxylic acids is 1. The van der Waals surface area contributed by atoms with Crippen molar-refractivity contribution >= 4 is 15.9 Å². The number of amides is 1. The summed E-state index contributed by atoms with van der Waals surface area (Å²) in [7, 11) is -3.98. The van der Waals surface area contributed by atoms with Crippen LogP contribution in [-0.4, -0.2) is 74.4 Å². The van der Waals surface area contributed by atoms with Crippen LogP contribution in [0.4, 0.5) is 4.39 Å². The van der Waals surface area contributed by atoms with Crippen LogP contribution < -0.4 is 0 Å². The summed E-state index contributed by atoms with van der Waals surface area (Å²) in [5, 5.41) is 0. The zero-order valence-electron chi connectivity index (χ0n) is 23.4. The maximum Gasteiger partial charge on any atom is 0.243 e. The van der Waals surface area contributed by atoms with Crippen LogP contribution in [0.5, 0.6) is 0 Å². The number of hydrogen-bond acceptors (Lipinski definition) is 6. The summed E-state index contributed by atoms with van der Waals surface area (Å²) in [5.74, 6) is -0.181. The Balaban J connectivity index is 1.59. The van der Waals surface area contributed by atoms with Gasteiger partial charge in [0, 0.05) is 32.7 Å². The van der Waals surface area contributed by atoms with E-state index in [1.165, 1.54) is 27.6 Å². The van der Waals surface area contributed by atoms with Crippen LogP contribution in [0.15, 0.2) is 76.2 Å². The highest BCUT2D eigenvalue weighted by Crippen LogP contribution is 2.25. The van der Waals surface area contributed by atoms with Gasteiger partial charge in [-0.25, -0.2) is 12.8 Å². The molecule has 0 spiro atoms. The molecule has 0 unspecified atom stereocenters. The Kier molecular flexibility index (Phi) is 9.78. The van der Waals surface area contributed by atoms with Gasteiger partial charge in [0.25, 0.3) is 0 Å². The molecule has 2 heterocycles. The van der Waals surface area contributed by atoms with Crippen LogP contribution in [0.25, 0.3) is 0 Å². The van der Waals surface area contributed by atoms with Crippen LogP contribution >= 0.6 is 0 Å². The Morgan fingerprint density at radius 2 is 1.65 bits per heavy atom. The van der Waals surface area contributed by atoms with Crippen molar-refractivity contribution < 1.29 is 26.8 Å². The molecule has 0 bridgehead atoms. The minimum Gasteiger partial charge on any atom is -0.467 e. The molecule has 4 rings (SSSR count). The molecule has 1 aliphatic rings. The molecule has 0 aliphatic carbocycles. The van der Waals surface area contributed by atoms with Crippen LogP contribution in [0, 0.1) is 5.82 Å². The van der Waals surface area contributed by atoms with E-state index in [1.54, 1.807) is 36.4 Å². The number of halogens is 1. The molecule has 1 amide bonds. The van der Waals surface area contributed by atoms with Crippen molar-refractivity contribution in [2.75, 3.05) is 45.9 Å². The second-order valence-electron chi connectivity index (χ2n) is 11.0. The number of rotatable bonds is 11. The van der Waals surface area contributed by atoms with Gasteiger partial charge in [0.05, 0.1) is 37.5 Å². The third-order valence-electron chi connectivity index (χ3n) is 7.01. The van der Waals surface area contributed by atoms with E-state index in [9.17, 15) is 17.6 Å². The van der Waals surface area contributed by atoms with Crippen molar-refractivity contribution in [2.24, 2.45) is 0 Å². The lowest BCUT2D eigenvalue weighted by Crippen LogP contribution is -2.47. The van der Waals surface area contributed by atoms with E-state index in [-0.39, 0.29) is 48.2 Å². The Bertz CT molecular complexity index is 1330. The summed E-state index contributed by atoms with van der Waals surface area (Å²) in [4.78, 5) is 17.6. The summed E-state index contributed by atoms with van der Waals surface area (Å²) in [6, 6.07) is 16.3. The van der Waals surface area contributed by atoms with Gasteiger partial charge >= 0.3 is 0 Å². The lowest BCUT2D eigenvalue weighted by molar-refractivity contribution is -0.133. The Hall–Kier alpha value is -3.05. The molecule has 0 atom stereocenters. The average Bonchev–Trinajstić information content (AvgIpc) is 3.45. The SMILES string of the molecule is CC(C)(C)c1ccc(S(=O)(=O)N(CCN2CCOCC2)CC(=O)N(Cc2ccc(F)cc2)Cc2ccco2)cc1.